The van der Waals surface area contributed by atoms with Crippen LogP contribution in [0.4, 0.5) is 5.82 Å². The van der Waals surface area contributed by atoms with Crippen LogP contribution in [0, 0.1) is 0 Å². The number of ether oxygens (including phenoxy) is 3. The van der Waals surface area contributed by atoms with Crippen molar-refractivity contribution in [3.05, 3.63) is 48.9 Å². The van der Waals surface area contributed by atoms with E-state index >= 15 is 0 Å². The van der Waals surface area contributed by atoms with Gasteiger partial charge in [0.1, 0.15) is 30.5 Å². The Kier molecular flexibility index (Phi) is 5.43. The lowest BCUT2D eigenvalue weighted by Gasteiger charge is -2.13. The van der Waals surface area contributed by atoms with Crippen molar-refractivity contribution in [1.29, 1.82) is 0 Å². The molecule has 0 aliphatic rings. The highest BCUT2D eigenvalue weighted by atomic mass is 16.5. The van der Waals surface area contributed by atoms with Crippen LogP contribution in [0.15, 0.2) is 43.2 Å². The molecule has 31 heavy (non-hydrogen) atoms. The van der Waals surface area contributed by atoms with Crippen LogP contribution in [0.2, 0.25) is 0 Å². The number of nitrogens with zero attached hydrogens (tertiary/aromatic N) is 6. The van der Waals surface area contributed by atoms with Crippen molar-refractivity contribution in [3.63, 3.8) is 0 Å². The summed E-state index contributed by atoms with van der Waals surface area (Å²) in [6.07, 6.45) is 4.20. The predicted molar refractivity (Wildman–Crippen MR) is 109 cm³/mol. The minimum Gasteiger partial charge on any atom is -0.493 e. The second-order valence-electron chi connectivity index (χ2n) is 6.14. The van der Waals surface area contributed by atoms with Gasteiger partial charge in [-0.2, -0.15) is 10.2 Å². The van der Waals surface area contributed by atoms with E-state index in [1.54, 1.807) is 24.3 Å². The predicted octanol–water partition coefficient (Wildman–Crippen LogP) is 1.73. The standard InChI is InChI=1S/C19H18N8O4/c1-29-14-4-11(5-15(30-2)18(14)31-3)12-6-13(26-25-12)19(28)24-16-7-17(22-9-21-16)27-10-20-8-23-27/h4-10H,1-3H3,(H,25,26)(H,21,22,24,28). The number of amides is 1. The number of methoxy groups -OCH3 is 3. The van der Waals surface area contributed by atoms with Gasteiger partial charge in [-0.05, 0) is 18.2 Å². The van der Waals surface area contributed by atoms with E-state index in [1.165, 1.54) is 45.0 Å². The maximum Gasteiger partial charge on any atom is 0.274 e. The zero-order valence-electron chi connectivity index (χ0n) is 16.9. The summed E-state index contributed by atoms with van der Waals surface area (Å²) in [5.74, 6) is 1.77. The Balaban J connectivity index is 1.57. The minimum atomic E-state index is -0.422. The minimum absolute atomic E-state index is 0.240. The van der Waals surface area contributed by atoms with Crippen LogP contribution in [0.3, 0.4) is 0 Å². The van der Waals surface area contributed by atoms with Crippen molar-refractivity contribution >= 4 is 11.7 Å². The van der Waals surface area contributed by atoms with Gasteiger partial charge in [0.2, 0.25) is 5.75 Å². The fourth-order valence-electron chi connectivity index (χ4n) is 2.87. The number of aromatic nitrogens is 7. The summed E-state index contributed by atoms with van der Waals surface area (Å²) in [5, 5.41) is 13.6. The van der Waals surface area contributed by atoms with Crippen LogP contribution in [-0.4, -0.2) is 62.2 Å². The fourth-order valence-corrected chi connectivity index (χ4v) is 2.87. The Morgan fingerprint density at radius 1 is 1.00 bits per heavy atom. The summed E-state index contributed by atoms with van der Waals surface area (Å²) in [4.78, 5) is 24.7. The molecular formula is C19H18N8O4. The lowest BCUT2D eigenvalue weighted by atomic mass is 10.1. The summed E-state index contributed by atoms with van der Waals surface area (Å²) in [6, 6.07) is 6.67. The van der Waals surface area contributed by atoms with E-state index in [2.05, 4.69) is 35.6 Å². The van der Waals surface area contributed by atoms with Crippen molar-refractivity contribution in [3.8, 4) is 34.3 Å². The number of nitrogens with one attached hydrogen (secondary N) is 2. The lowest BCUT2D eigenvalue weighted by Crippen LogP contribution is -2.14. The first-order valence-corrected chi connectivity index (χ1v) is 8.97. The first-order valence-electron chi connectivity index (χ1n) is 8.97. The van der Waals surface area contributed by atoms with E-state index in [0.29, 0.717) is 40.1 Å². The van der Waals surface area contributed by atoms with E-state index in [1.807, 2.05) is 0 Å². The normalized spacial score (nSPS) is 10.5. The van der Waals surface area contributed by atoms with Gasteiger partial charge in [0.05, 0.1) is 27.0 Å². The summed E-state index contributed by atoms with van der Waals surface area (Å²) >= 11 is 0. The highest BCUT2D eigenvalue weighted by Gasteiger charge is 2.17. The van der Waals surface area contributed by atoms with Crippen molar-refractivity contribution < 1.29 is 19.0 Å². The van der Waals surface area contributed by atoms with Crippen LogP contribution < -0.4 is 19.5 Å². The molecule has 4 rings (SSSR count). The molecule has 0 saturated carbocycles. The van der Waals surface area contributed by atoms with E-state index in [0.717, 1.165) is 0 Å². The van der Waals surface area contributed by atoms with Gasteiger partial charge in [0, 0.05) is 11.6 Å². The molecule has 0 radical (unpaired) electrons. The molecule has 0 aliphatic heterocycles. The maximum atomic E-state index is 12.7. The summed E-state index contributed by atoms with van der Waals surface area (Å²) in [6.45, 7) is 0. The summed E-state index contributed by atoms with van der Waals surface area (Å²) in [7, 11) is 4.58. The number of benzene rings is 1. The Hall–Kier alpha value is -4.48. The molecule has 0 unspecified atom stereocenters. The Bertz CT molecular complexity index is 1180. The largest absolute Gasteiger partial charge is 0.493 e. The van der Waals surface area contributed by atoms with Gasteiger partial charge < -0.3 is 19.5 Å². The smallest absolute Gasteiger partial charge is 0.274 e. The molecule has 158 valence electrons. The number of H-pyrrole nitrogens is 1. The average molecular weight is 422 g/mol. The number of hydrogen-bond acceptors (Lipinski definition) is 9. The fraction of sp³-hybridized carbons (Fsp3) is 0.158. The molecule has 3 heterocycles. The van der Waals surface area contributed by atoms with Gasteiger partial charge in [-0.15, -0.1) is 0 Å². The third kappa shape index (κ3) is 3.99. The first-order chi connectivity index (χ1) is 15.1. The third-order valence-electron chi connectivity index (χ3n) is 4.33. The van der Waals surface area contributed by atoms with Crippen LogP contribution in [0.1, 0.15) is 10.5 Å². The Morgan fingerprint density at radius 3 is 2.42 bits per heavy atom. The molecule has 0 fully saturated rings. The molecule has 3 aromatic heterocycles. The number of aromatic amines is 1. The van der Waals surface area contributed by atoms with Crippen molar-refractivity contribution in [1.82, 2.24) is 34.9 Å². The summed E-state index contributed by atoms with van der Waals surface area (Å²) < 4.78 is 17.5. The van der Waals surface area contributed by atoms with Crippen LogP contribution in [0.5, 0.6) is 17.2 Å². The van der Waals surface area contributed by atoms with Crippen molar-refractivity contribution in [2.24, 2.45) is 0 Å². The van der Waals surface area contributed by atoms with E-state index in [9.17, 15) is 4.79 Å². The van der Waals surface area contributed by atoms with Gasteiger partial charge in [0.25, 0.3) is 5.91 Å². The number of anilines is 1. The average Bonchev–Trinajstić information content (AvgIpc) is 3.51. The molecule has 0 atom stereocenters. The molecule has 0 spiro atoms. The molecule has 0 bridgehead atoms. The molecule has 0 aliphatic carbocycles. The molecule has 12 heteroatoms. The molecule has 0 saturated heterocycles. The quantitative estimate of drug-likeness (QED) is 0.455. The monoisotopic (exact) mass is 422 g/mol. The number of carbonyl (C=O) groups excluding carboxylic acids is 1. The Labute approximate surface area is 176 Å². The molecule has 12 nitrogen and oxygen atoms in total. The maximum absolute atomic E-state index is 12.7. The van der Waals surface area contributed by atoms with Gasteiger partial charge in [-0.3, -0.25) is 9.89 Å². The second kappa shape index (κ2) is 8.49. The van der Waals surface area contributed by atoms with Crippen LogP contribution in [0.25, 0.3) is 17.1 Å². The molecule has 1 amide bonds. The van der Waals surface area contributed by atoms with Gasteiger partial charge >= 0.3 is 0 Å². The van der Waals surface area contributed by atoms with E-state index in [-0.39, 0.29) is 5.69 Å². The zero-order valence-corrected chi connectivity index (χ0v) is 16.9. The molecule has 4 aromatic rings. The topological polar surface area (TPSA) is 142 Å². The van der Waals surface area contributed by atoms with Gasteiger partial charge in [-0.1, -0.05) is 0 Å². The highest BCUT2D eigenvalue weighted by molar-refractivity contribution is 6.03. The molecular weight excluding hydrogens is 404 g/mol. The first kappa shape index (κ1) is 19.8. The SMILES string of the molecule is COc1cc(-c2cc(C(=O)Nc3cc(-n4cncn4)ncn3)[nH]n2)cc(OC)c1OC. The highest BCUT2D eigenvalue weighted by Crippen LogP contribution is 2.40. The Morgan fingerprint density at radius 2 is 1.77 bits per heavy atom. The molecule has 2 N–H and O–H groups in total. The number of carbonyl (C=O) groups is 1. The number of hydrogen-bond donors (Lipinski definition) is 2. The third-order valence-corrected chi connectivity index (χ3v) is 4.33. The second-order valence-corrected chi connectivity index (χ2v) is 6.14. The van der Waals surface area contributed by atoms with Gasteiger partial charge in [0.15, 0.2) is 17.3 Å². The molecule has 1 aromatic carbocycles. The van der Waals surface area contributed by atoms with Crippen molar-refractivity contribution in [2.45, 2.75) is 0 Å². The van der Waals surface area contributed by atoms with E-state index < -0.39 is 5.91 Å². The number of rotatable bonds is 7. The van der Waals surface area contributed by atoms with Crippen LogP contribution >= 0.6 is 0 Å². The van der Waals surface area contributed by atoms with Crippen LogP contribution in [-0.2, 0) is 0 Å². The lowest BCUT2D eigenvalue weighted by molar-refractivity contribution is 0.102. The van der Waals surface area contributed by atoms with E-state index in [4.69, 9.17) is 14.2 Å². The van der Waals surface area contributed by atoms with Crippen molar-refractivity contribution in [2.75, 3.05) is 26.6 Å². The summed E-state index contributed by atoms with van der Waals surface area (Å²) in [5.41, 5.74) is 1.44. The zero-order chi connectivity index (χ0) is 21.8. The van der Waals surface area contributed by atoms with Gasteiger partial charge in [-0.25, -0.2) is 19.6 Å².